The van der Waals surface area contributed by atoms with Crippen LogP contribution in [0.15, 0.2) is 46.3 Å². The highest BCUT2D eigenvalue weighted by Gasteiger charge is 2.24. The number of hydrogen-bond acceptors (Lipinski definition) is 4. The van der Waals surface area contributed by atoms with Crippen molar-refractivity contribution < 1.29 is 22.7 Å². The predicted molar refractivity (Wildman–Crippen MR) is 107 cm³/mol. The van der Waals surface area contributed by atoms with Crippen LogP contribution in [-0.4, -0.2) is 29.9 Å². The summed E-state index contributed by atoms with van der Waals surface area (Å²) in [6.45, 7) is 3.14. The highest BCUT2D eigenvalue weighted by atomic mass is 32.2. The Morgan fingerprint density at radius 2 is 1.97 bits per heavy atom. The zero-order valence-electron chi connectivity index (χ0n) is 15.7. The van der Waals surface area contributed by atoms with E-state index in [1.165, 1.54) is 18.2 Å². The number of aromatic nitrogens is 1. The van der Waals surface area contributed by atoms with Crippen LogP contribution in [0.4, 0.5) is 10.1 Å². The van der Waals surface area contributed by atoms with Crippen LogP contribution in [0.2, 0.25) is 0 Å². The van der Waals surface area contributed by atoms with Crippen molar-refractivity contribution in [3.05, 3.63) is 59.0 Å². The molecule has 3 aromatic rings. The first-order valence-corrected chi connectivity index (χ1v) is 10.3. The molecule has 1 aliphatic heterocycles. The molecule has 7 nitrogen and oxygen atoms in total. The van der Waals surface area contributed by atoms with Gasteiger partial charge in [0.05, 0.1) is 5.69 Å². The molecule has 0 aliphatic carbocycles. The standard InChI is InChI=1S/C20H18FN3O4S/c1-11-15(16-9-14(21)4-5-18(16)24(11)10-20(25)26)7-13-3-6-19-17(8-13)22-12(2)23-29(19,27)28/h3-6,8-9H,7,10H2,1-2H3,(H,22,23)(H,25,26). The molecule has 0 saturated heterocycles. The summed E-state index contributed by atoms with van der Waals surface area (Å²) in [7, 11) is -3.64. The van der Waals surface area contributed by atoms with Crippen LogP contribution in [0.1, 0.15) is 23.7 Å². The van der Waals surface area contributed by atoms with Gasteiger partial charge in [-0.3, -0.25) is 9.52 Å². The maximum absolute atomic E-state index is 13.9. The third kappa shape index (κ3) is 3.38. The summed E-state index contributed by atoms with van der Waals surface area (Å²) in [4.78, 5) is 15.6. The third-order valence-corrected chi connectivity index (χ3v) is 6.46. The lowest BCUT2D eigenvalue weighted by molar-refractivity contribution is -0.137. The number of amidine groups is 1. The number of nitrogens with one attached hydrogen (secondary N) is 1. The van der Waals surface area contributed by atoms with Crippen molar-refractivity contribution in [1.82, 2.24) is 9.29 Å². The molecular weight excluding hydrogens is 397 g/mol. The first-order valence-electron chi connectivity index (χ1n) is 8.86. The van der Waals surface area contributed by atoms with Gasteiger partial charge < -0.3 is 9.67 Å². The fourth-order valence-electron chi connectivity index (χ4n) is 3.73. The van der Waals surface area contributed by atoms with E-state index < -0.39 is 21.8 Å². The molecule has 0 amide bonds. The lowest BCUT2D eigenvalue weighted by atomic mass is 10.0. The molecule has 0 saturated carbocycles. The van der Waals surface area contributed by atoms with E-state index in [2.05, 4.69) is 9.71 Å². The van der Waals surface area contributed by atoms with E-state index in [1.54, 1.807) is 36.6 Å². The molecule has 4 rings (SSSR count). The van der Waals surface area contributed by atoms with Crippen molar-refractivity contribution in [2.45, 2.75) is 31.7 Å². The van der Waals surface area contributed by atoms with E-state index in [1.807, 2.05) is 0 Å². The molecule has 2 aromatic carbocycles. The Labute approximate surface area is 166 Å². The summed E-state index contributed by atoms with van der Waals surface area (Å²) in [6.07, 6.45) is 0.383. The SMILES string of the molecule is CC1=Nc2cc(Cc3c(C)n(CC(=O)O)c4ccc(F)cc34)ccc2S(=O)(=O)N1. The minimum Gasteiger partial charge on any atom is -0.480 e. The summed E-state index contributed by atoms with van der Waals surface area (Å²) < 4.78 is 42.4. The average molecular weight is 415 g/mol. The first-order chi connectivity index (χ1) is 13.7. The number of halogens is 1. The van der Waals surface area contributed by atoms with Gasteiger partial charge in [-0.2, -0.15) is 0 Å². The normalized spacial score (nSPS) is 14.9. The molecule has 150 valence electrons. The summed E-state index contributed by atoms with van der Waals surface area (Å²) >= 11 is 0. The molecule has 0 bridgehead atoms. The van der Waals surface area contributed by atoms with Gasteiger partial charge in [0.2, 0.25) is 0 Å². The molecule has 0 atom stereocenters. The van der Waals surface area contributed by atoms with Gasteiger partial charge in [-0.1, -0.05) is 6.07 Å². The Bertz CT molecular complexity index is 1310. The van der Waals surface area contributed by atoms with Crippen molar-refractivity contribution in [3.8, 4) is 0 Å². The van der Waals surface area contributed by atoms with Gasteiger partial charge in [-0.25, -0.2) is 17.8 Å². The fourth-order valence-corrected chi connectivity index (χ4v) is 4.90. The highest BCUT2D eigenvalue weighted by molar-refractivity contribution is 7.90. The van der Waals surface area contributed by atoms with Crippen LogP contribution in [0.5, 0.6) is 0 Å². The molecule has 0 spiro atoms. The van der Waals surface area contributed by atoms with Crippen molar-refractivity contribution in [2.75, 3.05) is 0 Å². The summed E-state index contributed by atoms with van der Waals surface area (Å²) in [5.41, 5.74) is 3.29. The van der Waals surface area contributed by atoms with Gasteiger partial charge in [0.25, 0.3) is 10.0 Å². The molecule has 2 N–H and O–H groups in total. The first kappa shape index (κ1) is 19.1. The Morgan fingerprint density at radius 3 is 2.69 bits per heavy atom. The van der Waals surface area contributed by atoms with E-state index in [0.717, 1.165) is 16.8 Å². The van der Waals surface area contributed by atoms with Gasteiger partial charge in [0.1, 0.15) is 23.1 Å². The number of benzene rings is 2. The second-order valence-electron chi connectivity index (χ2n) is 6.99. The predicted octanol–water partition coefficient (Wildman–Crippen LogP) is 3.11. The van der Waals surface area contributed by atoms with E-state index in [9.17, 15) is 22.7 Å². The van der Waals surface area contributed by atoms with E-state index in [0.29, 0.717) is 23.0 Å². The van der Waals surface area contributed by atoms with Crippen LogP contribution in [0, 0.1) is 12.7 Å². The van der Waals surface area contributed by atoms with Crippen LogP contribution >= 0.6 is 0 Å². The lowest BCUT2D eigenvalue weighted by Gasteiger charge is -2.16. The minimum absolute atomic E-state index is 0.0999. The second-order valence-corrected chi connectivity index (χ2v) is 8.64. The summed E-state index contributed by atoms with van der Waals surface area (Å²) in [5.74, 6) is -1.11. The van der Waals surface area contributed by atoms with E-state index >= 15 is 0 Å². The molecule has 1 aliphatic rings. The van der Waals surface area contributed by atoms with Crippen LogP contribution in [-0.2, 0) is 27.8 Å². The number of carbonyl (C=O) groups is 1. The lowest BCUT2D eigenvalue weighted by Crippen LogP contribution is -2.31. The molecule has 0 fully saturated rings. The number of rotatable bonds is 4. The van der Waals surface area contributed by atoms with Gasteiger partial charge in [-0.15, -0.1) is 0 Å². The zero-order chi connectivity index (χ0) is 20.9. The number of fused-ring (bicyclic) bond motifs is 2. The van der Waals surface area contributed by atoms with Gasteiger partial charge in [0.15, 0.2) is 0 Å². The summed E-state index contributed by atoms with van der Waals surface area (Å²) in [5, 5.41) is 9.87. The number of nitrogens with zero attached hydrogens (tertiary/aromatic N) is 2. The second kappa shape index (κ2) is 6.70. The highest BCUT2D eigenvalue weighted by Crippen LogP contribution is 2.32. The van der Waals surface area contributed by atoms with Crippen molar-refractivity contribution in [1.29, 1.82) is 0 Å². The molecule has 0 unspecified atom stereocenters. The van der Waals surface area contributed by atoms with Crippen LogP contribution in [0.25, 0.3) is 10.9 Å². The number of aliphatic carboxylic acids is 1. The molecule has 29 heavy (non-hydrogen) atoms. The van der Waals surface area contributed by atoms with Gasteiger partial charge in [-0.05, 0) is 61.7 Å². The van der Waals surface area contributed by atoms with Gasteiger partial charge in [0, 0.05) is 16.6 Å². The van der Waals surface area contributed by atoms with Crippen LogP contribution in [0.3, 0.4) is 0 Å². The average Bonchev–Trinajstić information content (AvgIpc) is 2.85. The minimum atomic E-state index is -3.64. The number of hydrogen-bond donors (Lipinski definition) is 2. The number of aliphatic imine (C=N–C) groups is 1. The Morgan fingerprint density at radius 1 is 1.21 bits per heavy atom. The molecule has 1 aromatic heterocycles. The zero-order valence-corrected chi connectivity index (χ0v) is 16.5. The Hall–Kier alpha value is -3.20. The third-order valence-electron chi connectivity index (χ3n) is 4.97. The topological polar surface area (TPSA) is 101 Å². The summed E-state index contributed by atoms with van der Waals surface area (Å²) in [6, 6.07) is 9.14. The quantitative estimate of drug-likeness (QED) is 0.684. The fraction of sp³-hybridized carbons (Fsp3) is 0.200. The maximum Gasteiger partial charge on any atom is 0.323 e. The monoisotopic (exact) mass is 415 g/mol. The molecule has 2 heterocycles. The molecule has 9 heteroatoms. The van der Waals surface area contributed by atoms with Crippen molar-refractivity contribution in [3.63, 3.8) is 0 Å². The molecular formula is C20H18FN3O4S. The number of carboxylic acids is 1. The number of sulfonamides is 1. The maximum atomic E-state index is 13.9. The van der Waals surface area contributed by atoms with Crippen LogP contribution < -0.4 is 4.72 Å². The Kier molecular flexibility index (Phi) is 4.42. The van der Waals surface area contributed by atoms with Gasteiger partial charge >= 0.3 is 5.97 Å². The van der Waals surface area contributed by atoms with E-state index in [4.69, 9.17) is 0 Å². The van der Waals surface area contributed by atoms with Crippen molar-refractivity contribution >= 4 is 38.4 Å². The Balaban J connectivity index is 1.83. The molecule has 0 radical (unpaired) electrons. The smallest absolute Gasteiger partial charge is 0.323 e. The largest absolute Gasteiger partial charge is 0.480 e. The van der Waals surface area contributed by atoms with Crippen molar-refractivity contribution in [2.24, 2.45) is 4.99 Å². The van der Waals surface area contributed by atoms with E-state index in [-0.39, 0.29) is 17.3 Å². The number of carboxylic acid groups (broad SMARTS) is 1.